The molecule has 0 aromatic carbocycles. The molecular formula is C14H20N4OS. The SMILES string of the molecule is CC(=O)NCC1CCN(c2ccnc(C(N)=S)c2)CC1. The van der Waals surface area contributed by atoms with Gasteiger partial charge in [-0.25, -0.2) is 0 Å². The van der Waals surface area contributed by atoms with E-state index in [4.69, 9.17) is 18.0 Å². The maximum absolute atomic E-state index is 10.9. The summed E-state index contributed by atoms with van der Waals surface area (Å²) in [7, 11) is 0. The Kier molecular flexibility index (Phi) is 4.89. The minimum atomic E-state index is 0.0441. The van der Waals surface area contributed by atoms with Crippen LogP contribution in [0.2, 0.25) is 0 Å². The number of amides is 1. The van der Waals surface area contributed by atoms with E-state index in [0.717, 1.165) is 38.2 Å². The quantitative estimate of drug-likeness (QED) is 0.812. The number of rotatable bonds is 4. The van der Waals surface area contributed by atoms with E-state index in [-0.39, 0.29) is 5.91 Å². The van der Waals surface area contributed by atoms with Gasteiger partial charge in [0.2, 0.25) is 5.91 Å². The average Bonchev–Trinajstić information content (AvgIpc) is 2.46. The van der Waals surface area contributed by atoms with Gasteiger partial charge in [-0.2, -0.15) is 0 Å². The van der Waals surface area contributed by atoms with Crippen molar-refractivity contribution in [3.63, 3.8) is 0 Å². The van der Waals surface area contributed by atoms with E-state index in [1.165, 1.54) is 0 Å². The highest BCUT2D eigenvalue weighted by Crippen LogP contribution is 2.23. The summed E-state index contributed by atoms with van der Waals surface area (Å²) in [5.41, 5.74) is 7.39. The Balaban J connectivity index is 1.92. The number of hydrogen-bond acceptors (Lipinski definition) is 4. The zero-order valence-electron chi connectivity index (χ0n) is 11.6. The van der Waals surface area contributed by atoms with Crippen molar-refractivity contribution in [3.8, 4) is 0 Å². The van der Waals surface area contributed by atoms with Crippen LogP contribution in [0, 0.1) is 5.92 Å². The lowest BCUT2D eigenvalue weighted by Gasteiger charge is -2.33. The summed E-state index contributed by atoms with van der Waals surface area (Å²) >= 11 is 4.96. The molecule has 20 heavy (non-hydrogen) atoms. The highest BCUT2D eigenvalue weighted by molar-refractivity contribution is 7.80. The van der Waals surface area contributed by atoms with E-state index in [9.17, 15) is 4.79 Å². The van der Waals surface area contributed by atoms with Crippen molar-refractivity contribution in [2.45, 2.75) is 19.8 Å². The summed E-state index contributed by atoms with van der Waals surface area (Å²) in [6, 6.07) is 3.92. The standard InChI is InChI=1S/C14H20N4OS/c1-10(19)17-9-11-3-6-18(7-4-11)12-2-5-16-13(8-12)14(15)20/h2,5,8,11H,3-4,6-7,9H2,1H3,(H2,15,20)(H,17,19). The molecule has 1 aliphatic heterocycles. The summed E-state index contributed by atoms with van der Waals surface area (Å²) in [5, 5.41) is 2.89. The first-order chi connectivity index (χ1) is 9.56. The second kappa shape index (κ2) is 6.65. The molecule has 5 nitrogen and oxygen atoms in total. The molecule has 6 heteroatoms. The number of nitrogens with two attached hydrogens (primary N) is 1. The van der Waals surface area contributed by atoms with Crippen molar-refractivity contribution < 1.29 is 4.79 Å². The van der Waals surface area contributed by atoms with Crippen LogP contribution in [0.4, 0.5) is 5.69 Å². The van der Waals surface area contributed by atoms with Gasteiger partial charge in [-0.05, 0) is 30.9 Å². The number of pyridine rings is 1. The minimum absolute atomic E-state index is 0.0441. The fourth-order valence-corrected chi connectivity index (χ4v) is 2.55. The van der Waals surface area contributed by atoms with Gasteiger partial charge in [0, 0.05) is 38.4 Å². The Morgan fingerprint density at radius 3 is 2.85 bits per heavy atom. The Hall–Kier alpha value is -1.69. The van der Waals surface area contributed by atoms with Crippen molar-refractivity contribution in [1.82, 2.24) is 10.3 Å². The predicted molar refractivity (Wildman–Crippen MR) is 83.7 cm³/mol. The third kappa shape index (κ3) is 3.90. The number of nitrogens with zero attached hydrogens (tertiary/aromatic N) is 2. The second-order valence-corrected chi connectivity index (χ2v) is 5.57. The zero-order chi connectivity index (χ0) is 14.5. The normalized spacial score (nSPS) is 15.9. The van der Waals surface area contributed by atoms with Crippen molar-refractivity contribution in [3.05, 3.63) is 24.0 Å². The van der Waals surface area contributed by atoms with Crippen LogP contribution in [0.1, 0.15) is 25.5 Å². The molecular weight excluding hydrogens is 272 g/mol. The van der Waals surface area contributed by atoms with Crippen LogP contribution in [-0.2, 0) is 4.79 Å². The lowest BCUT2D eigenvalue weighted by atomic mass is 9.96. The van der Waals surface area contributed by atoms with Gasteiger partial charge < -0.3 is 16.0 Å². The first-order valence-corrected chi connectivity index (χ1v) is 7.22. The summed E-state index contributed by atoms with van der Waals surface area (Å²) in [6.45, 7) is 4.29. The van der Waals surface area contributed by atoms with Crippen LogP contribution in [0.25, 0.3) is 0 Å². The molecule has 1 aromatic rings. The summed E-state index contributed by atoms with van der Waals surface area (Å²) < 4.78 is 0. The number of piperidine rings is 1. The molecule has 0 spiro atoms. The fourth-order valence-electron chi connectivity index (χ4n) is 2.43. The molecule has 2 heterocycles. The lowest BCUT2D eigenvalue weighted by molar-refractivity contribution is -0.119. The number of aromatic nitrogens is 1. The van der Waals surface area contributed by atoms with Crippen LogP contribution in [0.15, 0.2) is 18.3 Å². The fraction of sp³-hybridized carbons (Fsp3) is 0.500. The molecule has 1 saturated heterocycles. The highest BCUT2D eigenvalue weighted by Gasteiger charge is 2.19. The minimum Gasteiger partial charge on any atom is -0.388 e. The van der Waals surface area contributed by atoms with Crippen molar-refractivity contribution in [2.75, 3.05) is 24.5 Å². The first-order valence-electron chi connectivity index (χ1n) is 6.81. The van der Waals surface area contributed by atoms with E-state index in [2.05, 4.69) is 15.2 Å². The molecule has 0 aliphatic carbocycles. The molecule has 0 atom stereocenters. The Morgan fingerprint density at radius 1 is 1.55 bits per heavy atom. The predicted octanol–water partition coefficient (Wildman–Crippen LogP) is 1.07. The molecule has 108 valence electrons. The van der Waals surface area contributed by atoms with Crippen LogP contribution in [0.5, 0.6) is 0 Å². The van der Waals surface area contributed by atoms with Crippen LogP contribution in [-0.4, -0.2) is 35.5 Å². The first kappa shape index (κ1) is 14.7. The summed E-state index contributed by atoms with van der Waals surface area (Å²) in [4.78, 5) is 17.7. The van der Waals surface area contributed by atoms with Gasteiger partial charge >= 0.3 is 0 Å². The van der Waals surface area contributed by atoms with Gasteiger partial charge in [-0.15, -0.1) is 0 Å². The smallest absolute Gasteiger partial charge is 0.216 e. The topological polar surface area (TPSA) is 71.2 Å². The second-order valence-electron chi connectivity index (χ2n) is 5.13. The number of thiocarbonyl (C=S) groups is 1. The van der Waals surface area contributed by atoms with E-state index < -0.39 is 0 Å². The van der Waals surface area contributed by atoms with Crippen molar-refractivity contribution >= 4 is 28.8 Å². The van der Waals surface area contributed by atoms with E-state index in [0.29, 0.717) is 16.6 Å². The Labute approximate surface area is 124 Å². The lowest BCUT2D eigenvalue weighted by Crippen LogP contribution is -2.38. The van der Waals surface area contributed by atoms with Gasteiger partial charge in [-0.1, -0.05) is 12.2 Å². The maximum atomic E-state index is 10.9. The van der Waals surface area contributed by atoms with E-state index in [1.54, 1.807) is 13.1 Å². The van der Waals surface area contributed by atoms with Crippen LogP contribution in [0.3, 0.4) is 0 Å². The highest BCUT2D eigenvalue weighted by atomic mass is 32.1. The molecule has 1 aliphatic rings. The molecule has 0 unspecified atom stereocenters. The molecule has 2 rings (SSSR count). The van der Waals surface area contributed by atoms with E-state index >= 15 is 0 Å². The van der Waals surface area contributed by atoms with Crippen molar-refractivity contribution in [1.29, 1.82) is 0 Å². The van der Waals surface area contributed by atoms with Gasteiger partial charge in [-0.3, -0.25) is 9.78 Å². The average molecular weight is 292 g/mol. The molecule has 0 saturated carbocycles. The molecule has 0 bridgehead atoms. The van der Waals surface area contributed by atoms with Crippen molar-refractivity contribution in [2.24, 2.45) is 11.7 Å². The number of nitrogens with one attached hydrogen (secondary N) is 1. The number of anilines is 1. The van der Waals surface area contributed by atoms with Gasteiger partial charge in [0.25, 0.3) is 0 Å². The van der Waals surface area contributed by atoms with Gasteiger partial charge in [0.15, 0.2) is 0 Å². The number of carbonyl (C=O) groups is 1. The summed E-state index contributed by atoms with van der Waals surface area (Å²) in [6.07, 6.45) is 3.89. The molecule has 1 aromatic heterocycles. The maximum Gasteiger partial charge on any atom is 0.216 e. The number of hydrogen-bond donors (Lipinski definition) is 2. The molecule has 1 fully saturated rings. The Morgan fingerprint density at radius 2 is 2.25 bits per heavy atom. The van der Waals surface area contributed by atoms with Gasteiger partial charge in [0.1, 0.15) is 4.99 Å². The van der Waals surface area contributed by atoms with Crippen LogP contribution >= 0.6 is 12.2 Å². The summed E-state index contributed by atoms with van der Waals surface area (Å²) in [5.74, 6) is 0.606. The monoisotopic (exact) mass is 292 g/mol. The molecule has 0 radical (unpaired) electrons. The zero-order valence-corrected chi connectivity index (χ0v) is 12.4. The van der Waals surface area contributed by atoms with Gasteiger partial charge in [0.05, 0.1) is 5.69 Å². The third-order valence-electron chi connectivity index (χ3n) is 3.62. The van der Waals surface area contributed by atoms with Crippen LogP contribution < -0.4 is 16.0 Å². The number of carbonyl (C=O) groups excluding carboxylic acids is 1. The largest absolute Gasteiger partial charge is 0.388 e. The Bertz CT molecular complexity index is 498. The third-order valence-corrected chi connectivity index (χ3v) is 3.82. The molecule has 3 N–H and O–H groups in total. The van der Waals surface area contributed by atoms with E-state index in [1.807, 2.05) is 12.1 Å². The molecule has 1 amide bonds.